The smallest absolute Gasteiger partial charge is 0.122 e. The van der Waals surface area contributed by atoms with Crippen LogP contribution in [-0.2, 0) is 16.0 Å². The Morgan fingerprint density at radius 3 is 2.36 bits per heavy atom. The molecule has 1 spiro atoms. The summed E-state index contributed by atoms with van der Waals surface area (Å²) < 4.78 is 22.3. The molecule has 0 amide bonds. The zero-order valence-electron chi connectivity index (χ0n) is 15.8. The van der Waals surface area contributed by atoms with Crippen molar-refractivity contribution < 1.29 is 18.9 Å². The minimum absolute atomic E-state index is 0.0844. The van der Waals surface area contributed by atoms with Crippen molar-refractivity contribution in [2.75, 3.05) is 47.6 Å². The number of hydrogen-bond acceptors (Lipinski definition) is 5. The number of nitrogens with zero attached hydrogens (tertiary/aromatic N) is 1. The molecule has 0 aromatic heterocycles. The van der Waals surface area contributed by atoms with Gasteiger partial charge in [-0.15, -0.1) is 0 Å². The molecule has 0 aliphatic carbocycles. The van der Waals surface area contributed by atoms with Gasteiger partial charge in [-0.05, 0) is 49.3 Å². The Labute approximate surface area is 151 Å². The first-order valence-electron chi connectivity index (χ1n) is 9.26. The van der Waals surface area contributed by atoms with Gasteiger partial charge in [0.05, 0.1) is 19.8 Å². The van der Waals surface area contributed by atoms with Crippen molar-refractivity contribution in [2.24, 2.45) is 5.92 Å². The third-order valence-electron chi connectivity index (χ3n) is 5.79. The SMILES string of the molecule is COCC[C@@H]1CCOC12CCN(Cc1cc(OC)cc(OC)c1)CC2. The van der Waals surface area contributed by atoms with Gasteiger partial charge in [0.25, 0.3) is 0 Å². The summed E-state index contributed by atoms with van der Waals surface area (Å²) in [5, 5.41) is 0. The van der Waals surface area contributed by atoms with Crippen molar-refractivity contribution in [3.05, 3.63) is 23.8 Å². The summed E-state index contributed by atoms with van der Waals surface area (Å²) in [7, 11) is 5.18. The van der Waals surface area contributed by atoms with Crippen LogP contribution >= 0.6 is 0 Å². The maximum absolute atomic E-state index is 6.24. The molecule has 140 valence electrons. The topological polar surface area (TPSA) is 40.2 Å². The zero-order valence-corrected chi connectivity index (χ0v) is 15.8. The van der Waals surface area contributed by atoms with Crippen LogP contribution in [0.2, 0.25) is 0 Å². The lowest BCUT2D eigenvalue weighted by Gasteiger charge is -2.42. The van der Waals surface area contributed by atoms with Crippen molar-refractivity contribution in [2.45, 2.75) is 37.8 Å². The molecule has 0 radical (unpaired) electrons. The number of hydrogen-bond donors (Lipinski definition) is 0. The van der Waals surface area contributed by atoms with Gasteiger partial charge in [-0.1, -0.05) is 0 Å². The van der Waals surface area contributed by atoms with E-state index < -0.39 is 0 Å². The summed E-state index contributed by atoms with van der Waals surface area (Å²) in [6, 6.07) is 6.11. The van der Waals surface area contributed by atoms with Crippen molar-refractivity contribution in [1.82, 2.24) is 4.90 Å². The Balaban J connectivity index is 1.59. The summed E-state index contributed by atoms with van der Waals surface area (Å²) in [6.07, 6.45) is 4.52. The molecule has 0 saturated carbocycles. The van der Waals surface area contributed by atoms with Crippen LogP contribution in [0.1, 0.15) is 31.2 Å². The van der Waals surface area contributed by atoms with E-state index in [1.165, 1.54) is 12.0 Å². The van der Waals surface area contributed by atoms with E-state index in [0.717, 1.165) is 63.6 Å². The zero-order chi connectivity index (χ0) is 17.7. The molecule has 0 unspecified atom stereocenters. The molecule has 0 N–H and O–H groups in total. The van der Waals surface area contributed by atoms with Crippen LogP contribution in [0.25, 0.3) is 0 Å². The van der Waals surface area contributed by atoms with Gasteiger partial charge < -0.3 is 18.9 Å². The highest BCUT2D eigenvalue weighted by atomic mass is 16.5. The van der Waals surface area contributed by atoms with Gasteiger partial charge in [0, 0.05) is 46.0 Å². The van der Waals surface area contributed by atoms with Gasteiger partial charge in [0.1, 0.15) is 11.5 Å². The number of likely N-dealkylation sites (tertiary alicyclic amines) is 1. The summed E-state index contributed by atoms with van der Waals surface area (Å²) in [5.74, 6) is 2.34. The van der Waals surface area contributed by atoms with E-state index >= 15 is 0 Å². The van der Waals surface area contributed by atoms with Gasteiger partial charge in [-0.2, -0.15) is 0 Å². The number of benzene rings is 1. The first kappa shape index (κ1) is 18.5. The molecule has 1 aromatic rings. The Morgan fingerprint density at radius 2 is 1.76 bits per heavy atom. The fourth-order valence-corrected chi connectivity index (χ4v) is 4.31. The highest BCUT2D eigenvalue weighted by molar-refractivity contribution is 5.38. The van der Waals surface area contributed by atoms with E-state index in [2.05, 4.69) is 17.0 Å². The predicted molar refractivity (Wildman–Crippen MR) is 97.3 cm³/mol. The predicted octanol–water partition coefficient (Wildman–Crippen LogP) is 3.11. The van der Waals surface area contributed by atoms with Crippen molar-refractivity contribution >= 4 is 0 Å². The lowest BCUT2D eigenvalue weighted by Crippen LogP contribution is -2.47. The molecule has 2 aliphatic rings. The van der Waals surface area contributed by atoms with Crippen molar-refractivity contribution in [3.8, 4) is 11.5 Å². The Morgan fingerprint density at radius 1 is 1.08 bits per heavy atom. The normalized spacial score (nSPS) is 23.1. The Hall–Kier alpha value is -1.30. The number of methoxy groups -OCH3 is 3. The first-order valence-corrected chi connectivity index (χ1v) is 9.26. The van der Waals surface area contributed by atoms with Gasteiger partial charge in [-0.25, -0.2) is 0 Å². The Kier molecular flexibility index (Phi) is 6.20. The van der Waals surface area contributed by atoms with Crippen LogP contribution in [0.3, 0.4) is 0 Å². The number of piperidine rings is 1. The molecule has 1 atom stereocenters. The second-order valence-corrected chi connectivity index (χ2v) is 7.18. The lowest BCUT2D eigenvalue weighted by atomic mass is 9.78. The Bertz CT molecular complexity index is 532. The standard InChI is InChI=1S/C20H31NO4/c1-22-10-4-17-5-11-25-20(17)6-8-21(9-7-20)15-16-12-18(23-2)14-19(13-16)24-3/h12-14,17H,4-11,15H2,1-3H3/t17-/m1/s1. The fraction of sp³-hybridized carbons (Fsp3) is 0.700. The third-order valence-corrected chi connectivity index (χ3v) is 5.79. The molecular formula is C20H31NO4. The van der Waals surface area contributed by atoms with E-state index in [9.17, 15) is 0 Å². The van der Waals surface area contributed by atoms with Gasteiger partial charge >= 0.3 is 0 Å². The maximum Gasteiger partial charge on any atom is 0.122 e. The monoisotopic (exact) mass is 349 g/mol. The van der Waals surface area contributed by atoms with Gasteiger partial charge in [-0.3, -0.25) is 4.90 Å². The molecule has 0 bridgehead atoms. The quantitative estimate of drug-likeness (QED) is 0.756. The van der Waals surface area contributed by atoms with E-state index in [0.29, 0.717) is 5.92 Å². The van der Waals surface area contributed by atoms with Crippen LogP contribution in [0, 0.1) is 5.92 Å². The van der Waals surface area contributed by atoms with Crippen LogP contribution < -0.4 is 9.47 Å². The highest BCUT2D eigenvalue weighted by Crippen LogP contribution is 2.42. The molecule has 2 saturated heterocycles. The highest BCUT2D eigenvalue weighted by Gasteiger charge is 2.45. The summed E-state index contributed by atoms with van der Waals surface area (Å²) in [4.78, 5) is 2.51. The third kappa shape index (κ3) is 4.27. The molecule has 25 heavy (non-hydrogen) atoms. The minimum Gasteiger partial charge on any atom is -0.497 e. The van der Waals surface area contributed by atoms with Gasteiger partial charge in [0.15, 0.2) is 0 Å². The molecule has 5 nitrogen and oxygen atoms in total. The molecule has 2 heterocycles. The second-order valence-electron chi connectivity index (χ2n) is 7.18. The summed E-state index contributed by atoms with van der Waals surface area (Å²) in [6.45, 7) is 4.81. The average Bonchev–Trinajstić information content (AvgIpc) is 3.03. The molecule has 2 fully saturated rings. The molecule has 1 aromatic carbocycles. The average molecular weight is 349 g/mol. The van der Waals surface area contributed by atoms with Crippen LogP contribution in [0.4, 0.5) is 0 Å². The minimum atomic E-state index is 0.0844. The van der Waals surface area contributed by atoms with E-state index in [1.807, 2.05) is 6.07 Å². The lowest BCUT2D eigenvalue weighted by molar-refractivity contribution is -0.0721. The van der Waals surface area contributed by atoms with E-state index in [1.54, 1.807) is 21.3 Å². The van der Waals surface area contributed by atoms with Crippen LogP contribution in [-0.4, -0.2) is 58.1 Å². The van der Waals surface area contributed by atoms with E-state index in [-0.39, 0.29) is 5.60 Å². The van der Waals surface area contributed by atoms with Crippen LogP contribution in [0.15, 0.2) is 18.2 Å². The fourth-order valence-electron chi connectivity index (χ4n) is 4.31. The molecule has 5 heteroatoms. The molecular weight excluding hydrogens is 318 g/mol. The maximum atomic E-state index is 6.24. The second kappa shape index (κ2) is 8.39. The number of rotatable bonds is 7. The number of ether oxygens (including phenoxy) is 4. The van der Waals surface area contributed by atoms with Gasteiger partial charge in [0.2, 0.25) is 0 Å². The van der Waals surface area contributed by atoms with Crippen molar-refractivity contribution in [1.29, 1.82) is 0 Å². The first-order chi connectivity index (χ1) is 12.2. The summed E-state index contributed by atoms with van der Waals surface area (Å²) >= 11 is 0. The molecule has 3 rings (SSSR count). The summed E-state index contributed by atoms with van der Waals surface area (Å²) in [5.41, 5.74) is 1.32. The van der Waals surface area contributed by atoms with E-state index in [4.69, 9.17) is 18.9 Å². The molecule has 2 aliphatic heterocycles. The largest absolute Gasteiger partial charge is 0.497 e. The van der Waals surface area contributed by atoms with Crippen LogP contribution in [0.5, 0.6) is 11.5 Å². The van der Waals surface area contributed by atoms with Crippen molar-refractivity contribution in [3.63, 3.8) is 0 Å².